The Morgan fingerprint density at radius 3 is 3.06 bits per heavy atom. The number of carbonyl (C=O) groups is 1. The lowest BCUT2D eigenvalue weighted by atomic mass is 10.4. The fourth-order valence-corrected chi connectivity index (χ4v) is 0.884. The highest BCUT2D eigenvalue weighted by atomic mass is 16.5. The topological polar surface area (TPSA) is 105 Å². The van der Waals surface area contributed by atoms with Crippen LogP contribution in [-0.2, 0) is 4.79 Å². The lowest BCUT2D eigenvalue weighted by Gasteiger charge is -2.08. The number of aliphatic hydroxyl groups is 2. The molecule has 0 aromatic carbocycles. The van der Waals surface area contributed by atoms with Crippen molar-refractivity contribution in [1.82, 2.24) is 9.97 Å². The van der Waals surface area contributed by atoms with Crippen LogP contribution in [0.4, 0.5) is 5.82 Å². The second-order valence-corrected chi connectivity index (χ2v) is 3.05. The van der Waals surface area contributed by atoms with Crippen LogP contribution in [0.5, 0.6) is 6.01 Å². The van der Waals surface area contributed by atoms with Crippen molar-refractivity contribution in [3.8, 4) is 6.01 Å². The average molecular weight is 227 g/mol. The van der Waals surface area contributed by atoms with Gasteiger partial charge in [-0.25, -0.2) is 4.98 Å². The maximum Gasteiger partial charge on any atom is 0.318 e. The molecule has 0 aliphatic rings. The highest BCUT2D eigenvalue weighted by Crippen LogP contribution is 2.07. The number of ether oxygens (including phenoxy) is 1. The maximum absolute atomic E-state index is 10.8. The van der Waals surface area contributed by atoms with Gasteiger partial charge in [0, 0.05) is 13.1 Å². The monoisotopic (exact) mass is 227 g/mol. The van der Waals surface area contributed by atoms with Crippen molar-refractivity contribution in [2.24, 2.45) is 0 Å². The largest absolute Gasteiger partial charge is 0.461 e. The first kappa shape index (κ1) is 12.3. The van der Waals surface area contributed by atoms with Crippen molar-refractivity contribution >= 4 is 11.7 Å². The Labute approximate surface area is 92.1 Å². The van der Waals surface area contributed by atoms with Gasteiger partial charge in [0.2, 0.25) is 5.91 Å². The molecule has 0 fully saturated rings. The highest BCUT2D eigenvalue weighted by molar-refractivity contribution is 5.87. The van der Waals surface area contributed by atoms with Crippen molar-refractivity contribution in [2.75, 3.05) is 18.5 Å². The molecular formula is C9H13N3O4. The smallest absolute Gasteiger partial charge is 0.318 e. The SMILES string of the molecule is CC(=O)Nc1ccnc(OCC(O)CO)n1. The third-order valence-electron chi connectivity index (χ3n) is 1.55. The molecule has 0 saturated heterocycles. The number of hydrogen-bond donors (Lipinski definition) is 3. The van der Waals surface area contributed by atoms with Crippen molar-refractivity contribution < 1.29 is 19.7 Å². The first-order valence-electron chi connectivity index (χ1n) is 4.64. The molecule has 0 aliphatic heterocycles. The van der Waals surface area contributed by atoms with E-state index in [-0.39, 0.29) is 18.5 Å². The molecule has 7 heteroatoms. The molecule has 1 amide bonds. The minimum atomic E-state index is -0.979. The van der Waals surface area contributed by atoms with Gasteiger partial charge in [-0.1, -0.05) is 0 Å². The molecule has 1 aromatic heterocycles. The summed E-state index contributed by atoms with van der Waals surface area (Å²) in [7, 11) is 0. The Bertz CT molecular complexity index is 358. The fraction of sp³-hybridized carbons (Fsp3) is 0.444. The molecule has 0 radical (unpaired) electrons. The van der Waals surface area contributed by atoms with E-state index in [0.717, 1.165) is 0 Å². The maximum atomic E-state index is 10.8. The van der Waals surface area contributed by atoms with E-state index >= 15 is 0 Å². The predicted octanol–water partition coefficient (Wildman–Crippen LogP) is -0.833. The highest BCUT2D eigenvalue weighted by Gasteiger charge is 2.06. The van der Waals surface area contributed by atoms with Gasteiger partial charge in [0.15, 0.2) is 0 Å². The summed E-state index contributed by atoms with van der Waals surface area (Å²) in [5.74, 6) is 0.0658. The number of nitrogens with one attached hydrogen (secondary N) is 1. The van der Waals surface area contributed by atoms with Crippen molar-refractivity contribution in [1.29, 1.82) is 0 Å². The molecule has 0 bridgehead atoms. The molecule has 1 rings (SSSR count). The van der Waals surface area contributed by atoms with Crippen molar-refractivity contribution in [3.63, 3.8) is 0 Å². The zero-order chi connectivity index (χ0) is 12.0. The van der Waals surface area contributed by atoms with Crippen LogP contribution in [0.1, 0.15) is 6.92 Å². The normalized spacial score (nSPS) is 11.9. The third-order valence-corrected chi connectivity index (χ3v) is 1.55. The van der Waals surface area contributed by atoms with Crippen LogP contribution in [0, 0.1) is 0 Å². The first-order valence-corrected chi connectivity index (χ1v) is 4.64. The predicted molar refractivity (Wildman–Crippen MR) is 54.9 cm³/mol. The summed E-state index contributed by atoms with van der Waals surface area (Å²) in [6, 6.07) is 1.54. The molecule has 16 heavy (non-hydrogen) atoms. The molecule has 0 saturated carbocycles. The van der Waals surface area contributed by atoms with Gasteiger partial charge in [-0.3, -0.25) is 4.79 Å². The molecule has 7 nitrogen and oxygen atoms in total. The summed E-state index contributed by atoms with van der Waals surface area (Å²) < 4.78 is 5.00. The van der Waals surface area contributed by atoms with Crippen LogP contribution in [-0.4, -0.2) is 45.4 Å². The first-order chi connectivity index (χ1) is 7.61. The number of anilines is 1. The van der Waals surface area contributed by atoms with Crippen LogP contribution in [0.2, 0.25) is 0 Å². The van der Waals surface area contributed by atoms with Gasteiger partial charge in [0.1, 0.15) is 18.5 Å². The Morgan fingerprint density at radius 1 is 1.69 bits per heavy atom. The minimum Gasteiger partial charge on any atom is -0.461 e. The average Bonchev–Trinajstić information content (AvgIpc) is 2.25. The van der Waals surface area contributed by atoms with Crippen LogP contribution in [0.25, 0.3) is 0 Å². The summed E-state index contributed by atoms with van der Waals surface area (Å²) >= 11 is 0. The molecule has 1 unspecified atom stereocenters. The van der Waals surface area contributed by atoms with E-state index in [4.69, 9.17) is 14.9 Å². The van der Waals surface area contributed by atoms with Gasteiger partial charge in [0.25, 0.3) is 0 Å². The zero-order valence-electron chi connectivity index (χ0n) is 8.75. The van der Waals surface area contributed by atoms with Gasteiger partial charge in [-0.15, -0.1) is 0 Å². The second-order valence-electron chi connectivity index (χ2n) is 3.05. The summed E-state index contributed by atoms with van der Waals surface area (Å²) in [5, 5.41) is 20.1. The van der Waals surface area contributed by atoms with E-state index in [0.29, 0.717) is 5.82 Å². The van der Waals surface area contributed by atoms with Gasteiger partial charge < -0.3 is 20.3 Å². The van der Waals surface area contributed by atoms with Crippen LogP contribution >= 0.6 is 0 Å². The Morgan fingerprint density at radius 2 is 2.44 bits per heavy atom. The lowest BCUT2D eigenvalue weighted by Crippen LogP contribution is -2.22. The van der Waals surface area contributed by atoms with Crippen molar-refractivity contribution in [3.05, 3.63) is 12.3 Å². The number of nitrogens with zero attached hydrogens (tertiary/aromatic N) is 2. The number of amides is 1. The van der Waals surface area contributed by atoms with Crippen molar-refractivity contribution in [2.45, 2.75) is 13.0 Å². The number of hydrogen-bond acceptors (Lipinski definition) is 6. The molecule has 0 aliphatic carbocycles. The van der Waals surface area contributed by atoms with E-state index in [1.165, 1.54) is 19.2 Å². The van der Waals surface area contributed by atoms with E-state index in [2.05, 4.69) is 15.3 Å². The molecule has 3 N–H and O–H groups in total. The van der Waals surface area contributed by atoms with E-state index in [1.54, 1.807) is 0 Å². The van der Waals surface area contributed by atoms with Crippen LogP contribution < -0.4 is 10.1 Å². The Kier molecular flexibility index (Phi) is 4.62. The number of rotatable bonds is 5. The standard InChI is InChI=1S/C9H13N3O4/c1-6(14)11-8-2-3-10-9(12-8)16-5-7(15)4-13/h2-3,7,13,15H,4-5H2,1H3,(H,10,11,12,14). The quantitative estimate of drug-likeness (QED) is 0.606. The van der Waals surface area contributed by atoms with E-state index in [1.807, 2.05) is 0 Å². The number of carbonyl (C=O) groups excluding carboxylic acids is 1. The molecule has 1 heterocycles. The minimum absolute atomic E-state index is 0.0266. The summed E-state index contributed by atoms with van der Waals surface area (Å²) in [4.78, 5) is 18.4. The molecule has 1 atom stereocenters. The van der Waals surface area contributed by atoms with Crippen LogP contribution in [0.15, 0.2) is 12.3 Å². The lowest BCUT2D eigenvalue weighted by molar-refractivity contribution is -0.114. The molecular weight excluding hydrogens is 214 g/mol. The van der Waals surface area contributed by atoms with Gasteiger partial charge in [0.05, 0.1) is 6.61 Å². The second kappa shape index (κ2) is 5.99. The Hall–Kier alpha value is -1.73. The van der Waals surface area contributed by atoms with E-state index < -0.39 is 12.7 Å². The van der Waals surface area contributed by atoms with Crippen LogP contribution in [0.3, 0.4) is 0 Å². The molecule has 0 spiro atoms. The fourth-order valence-electron chi connectivity index (χ4n) is 0.884. The zero-order valence-corrected chi connectivity index (χ0v) is 8.75. The van der Waals surface area contributed by atoms with E-state index in [9.17, 15) is 4.79 Å². The number of aliphatic hydroxyl groups excluding tert-OH is 2. The van der Waals surface area contributed by atoms with Gasteiger partial charge in [-0.2, -0.15) is 4.98 Å². The van der Waals surface area contributed by atoms with Gasteiger partial charge >= 0.3 is 6.01 Å². The molecule has 88 valence electrons. The third kappa shape index (κ3) is 4.20. The summed E-state index contributed by atoms with van der Waals surface area (Å²) in [6.45, 7) is 0.851. The summed E-state index contributed by atoms with van der Waals surface area (Å²) in [6.07, 6.45) is 0.437. The van der Waals surface area contributed by atoms with Gasteiger partial charge in [-0.05, 0) is 6.07 Å². The molecule has 1 aromatic rings. The number of aromatic nitrogens is 2. The Balaban J connectivity index is 2.56. The summed E-state index contributed by atoms with van der Waals surface area (Å²) in [5.41, 5.74) is 0.